The van der Waals surface area contributed by atoms with Gasteiger partial charge in [0.05, 0.1) is 12.3 Å². The lowest BCUT2D eigenvalue weighted by Gasteiger charge is -2.37. The first-order valence-electron chi connectivity index (χ1n) is 9.41. The Balaban J connectivity index is 1.29. The lowest BCUT2D eigenvalue weighted by molar-refractivity contribution is 0.0631. The second-order valence-electron chi connectivity index (χ2n) is 7.29. The van der Waals surface area contributed by atoms with Crippen molar-refractivity contribution in [1.82, 2.24) is 25.3 Å². The summed E-state index contributed by atoms with van der Waals surface area (Å²) in [5.41, 5.74) is 0.540. The Morgan fingerprint density at radius 2 is 2.31 bits per heavy atom. The Bertz CT molecular complexity index is 954. The van der Waals surface area contributed by atoms with Crippen LogP contribution in [-0.2, 0) is 16.5 Å². The van der Waals surface area contributed by atoms with E-state index in [1.807, 2.05) is 0 Å². The van der Waals surface area contributed by atoms with Crippen LogP contribution in [0.25, 0.3) is 0 Å². The van der Waals surface area contributed by atoms with Gasteiger partial charge in [0.25, 0.3) is 5.91 Å². The first-order chi connectivity index (χ1) is 14.0. The number of hydrogen-bond donors (Lipinski definition) is 3. The first-order valence-corrected chi connectivity index (χ1v) is 9.41. The molecule has 152 valence electrons. The van der Waals surface area contributed by atoms with Crippen LogP contribution in [0.1, 0.15) is 48.0 Å². The molecule has 0 bridgehead atoms. The molecule has 29 heavy (non-hydrogen) atoms. The molecule has 0 radical (unpaired) electrons. The molecule has 0 unspecified atom stereocenters. The molecule has 1 aliphatic carbocycles. The summed E-state index contributed by atoms with van der Waals surface area (Å²) in [7, 11) is 1.68. The van der Waals surface area contributed by atoms with Crippen molar-refractivity contribution in [2.75, 3.05) is 11.9 Å². The lowest BCUT2D eigenvalue weighted by Crippen LogP contribution is -2.53. The fraction of sp³-hybridized carbons (Fsp3) is 0.474. The zero-order chi connectivity index (χ0) is 20.4. The average Bonchev–Trinajstić information content (AvgIpc) is 3.39. The van der Waals surface area contributed by atoms with Crippen LogP contribution in [0, 0.1) is 12.3 Å². The number of H-pyrrole nitrogens is 1. The van der Waals surface area contributed by atoms with E-state index in [1.165, 1.54) is 4.68 Å². The van der Waals surface area contributed by atoms with Gasteiger partial charge in [-0.2, -0.15) is 10.2 Å². The van der Waals surface area contributed by atoms with Gasteiger partial charge in [-0.3, -0.25) is 14.6 Å². The number of carbonyl (C=O) groups excluding carboxylic acids is 2. The van der Waals surface area contributed by atoms with Crippen molar-refractivity contribution in [1.29, 1.82) is 0 Å². The highest BCUT2D eigenvalue weighted by Gasteiger charge is 2.38. The van der Waals surface area contributed by atoms with E-state index in [2.05, 4.69) is 31.9 Å². The van der Waals surface area contributed by atoms with Crippen molar-refractivity contribution in [3.8, 4) is 12.3 Å². The number of hydrogen-bond acceptors (Lipinski definition) is 6. The third kappa shape index (κ3) is 3.95. The largest absolute Gasteiger partial charge is 0.444 e. The quantitative estimate of drug-likeness (QED) is 0.656. The smallest absolute Gasteiger partial charge is 0.408 e. The summed E-state index contributed by atoms with van der Waals surface area (Å²) in [6.45, 7) is 0.275. The number of aromatic amines is 1. The van der Waals surface area contributed by atoms with E-state index in [-0.39, 0.29) is 24.7 Å². The van der Waals surface area contributed by atoms with Gasteiger partial charge in [0.15, 0.2) is 5.82 Å². The van der Waals surface area contributed by atoms with Crippen LogP contribution in [0.15, 0.2) is 18.3 Å². The number of nitrogens with one attached hydrogen (secondary N) is 3. The number of rotatable bonds is 5. The molecular weight excluding hydrogens is 376 g/mol. The van der Waals surface area contributed by atoms with Gasteiger partial charge in [-0.15, -0.1) is 6.42 Å². The van der Waals surface area contributed by atoms with E-state index in [0.29, 0.717) is 23.6 Å². The minimum atomic E-state index is -0.569. The van der Waals surface area contributed by atoms with Crippen LogP contribution in [0.5, 0.6) is 0 Å². The Kier molecular flexibility index (Phi) is 4.98. The molecule has 2 atom stereocenters. The van der Waals surface area contributed by atoms with Crippen LogP contribution in [0.4, 0.5) is 10.6 Å². The highest BCUT2D eigenvalue weighted by Crippen LogP contribution is 2.32. The molecule has 1 saturated carbocycles. The number of aromatic nitrogens is 4. The van der Waals surface area contributed by atoms with Crippen LogP contribution in [-0.4, -0.2) is 50.2 Å². The molecule has 2 fully saturated rings. The Hall–Kier alpha value is -3.32. The lowest BCUT2D eigenvalue weighted by atomic mass is 9.78. The molecule has 2 aromatic rings. The molecule has 2 aliphatic rings. The van der Waals surface area contributed by atoms with Gasteiger partial charge < -0.3 is 20.1 Å². The predicted octanol–water partition coefficient (Wildman–Crippen LogP) is 1.51. The van der Waals surface area contributed by atoms with Gasteiger partial charge >= 0.3 is 6.09 Å². The summed E-state index contributed by atoms with van der Waals surface area (Å²) in [4.78, 5) is 24.3. The summed E-state index contributed by atoms with van der Waals surface area (Å²) >= 11 is 0. The topological polar surface area (TPSA) is 123 Å². The summed E-state index contributed by atoms with van der Waals surface area (Å²) in [6, 6.07) is 3.31. The number of carbonyl (C=O) groups is 2. The normalized spacial score (nSPS) is 22.3. The van der Waals surface area contributed by atoms with E-state index < -0.39 is 11.6 Å². The Morgan fingerprint density at radius 1 is 1.48 bits per heavy atom. The van der Waals surface area contributed by atoms with E-state index in [9.17, 15) is 9.59 Å². The van der Waals surface area contributed by atoms with E-state index in [1.54, 1.807) is 25.4 Å². The van der Waals surface area contributed by atoms with Gasteiger partial charge in [0, 0.05) is 25.7 Å². The SMILES string of the molecule is C#CC1(NC(=O)O[C@H]2CO[C@@H](c3cc(NC(=O)c4ccnn4C)n[nH]3)C2)CCC1. The molecule has 10 nitrogen and oxygen atoms in total. The van der Waals surface area contributed by atoms with Gasteiger partial charge in [-0.25, -0.2) is 4.79 Å². The van der Waals surface area contributed by atoms with E-state index >= 15 is 0 Å². The van der Waals surface area contributed by atoms with Crippen molar-refractivity contribution in [3.63, 3.8) is 0 Å². The molecule has 3 heterocycles. The van der Waals surface area contributed by atoms with Crippen LogP contribution in [0.3, 0.4) is 0 Å². The zero-order valence-corrected chi connectivity index (χ0v) is 16.0. The van der Waals surface area contributed by atoms with Crippen molar-refractivity contribution in [2.24, 2.45) is 7.05 Å². The number of ether oxygens (including phenoxy) is 2. The van der Waals surface area contributed by atoms with Gasteiger partial charge in [-0.05, 0) is 25.3 Å². The number of terminal acetylenes is 1. The zero-order valence-electron chi connectivity index (χ0n) is 16.0. The predicted molar refractivity (Wildman–Crippen MR) is 102 cm³/mol. The molecule has 0 spiro atoms. The third-order valence-corrected chi connectivity index (χ3v) is 5.30. The van der Waals surface area contributed by atoms with Gasteiger partial charge in [-0.1, -0.05) is 5.92 Å². The van der Waals surface area contributed by atoms with Crippen LogP contribution in [0.2, 0.25) is 0 Å². The monoisotopic (exact) mass is 398 g/mol. The fourth-order valence-corrected chi connectivity index (χ4v) is 3.45. The van der Waals surface area contributed by atoms with Gasteiger partial charge in [0.2, 0.25) is 0 Å². The second-order valence-corrected chi connectivity index (χ2v) is 7.29. The molecule has 2 amide bonds. The summed E-state index contributed by atoms with van der Waals surface area (Å²) < 4.78 is 12.6. The van der Waals surface area contributed by atoms with Crippen molar-refractivity contribution in [3.05, 3.63) is 29.7 Å². The summed E-state index contributed by atoms with van der Waals surface area (Å²) in [5.74, 6) is 2.70. The molecular formula is C19H22N6O4. The molecule has 10 heteroatoms. The molecule has 1 aliphatic heterocycles. The van der Waals surface area contributed by atoms with Gasteiger partial charge in [0.1, 0.15) is 23.4 Å². The average molecular weight is 398 g/mol. The maximum atomic E-state index is 12.2. The van der Waals surface area contributed by atoms with E-state index in [0.717, 1.165) is 19.3 Å². The highest BCUT2D eigenvalue weighted by atomic mass is 16.6. The summed E-state index contributed by atoms with van der Waals surface area (Å²) in [6.07, 6.45) is 8.85. The number of anilines is 1. The number of aryl methyl sites for hydroxylation is 1. The second kappa shape index (κ2) is 7.60. The third-order valence-electron chi connectivity index (χ3n) is 5.30. The minimum Gasteiger partial charge on any atom is -0.444 e. The first kappa shape index (κ1) is 19.0. The van der Waals surface area contributed by atoms with Crippen molar-refractivity contribution >= 4 is 17.8 Å². The van der Waals surface area contributed by atoms with Crippen LogP contribution >= 0.6 is 0 Å². The summed E-state index contributed by atoms with van der Waals surface area (Å²) in [5, 5.41) is 16.4. The van der Waals surface area contributed by atoms with Crippen molar-refractivity contribution in [2.45, 2.75) is 43.4 Å². The number of alkyl carbamates (subject to hydrolysis) is 1. The Labute approximate surface area is 167 Å². The number of nitrogens with zero attached hydrogens (tertiary/aromatic N) is 3. The maximum absolute atomic E-state index is 12.2. The molecule has 3 N–H and O–H groups in total. The van der Waals surface area contributed by atoms with Crippen LogP contribution < -0.4 is 10.6 Å². The molecule has 1 saturated heterocycles. The van der Waals surface area contributed by atoms with E-state index in [4.69, 9.17) is 15.9 Å². The minimum absolute atomic E-state index is 0.275. The standard InChI is InChI=1S/C19H22N6O4/c1-3-19(6-4-7-19)22-18(27)29-12-9-15(28-11-12)13-10-16(24-23-13)21-17(26)14-5-8-20-25(14)2/h1,5,8,10,12,15H,4,6-7,9,11H2,2H3,(H,22,27)(H2,21,23,24,26)/t12-,15-/m1/s1. The molecule has 0 aromatic carbocycles. The number of amides is 2. The fourth-order valence-electron chi connectivity index (χ4n) is 3.45. The maximum Gasteiger partial charge on any atom is 0.408 e. The Morgan fingerprint density at radius 3 is 2.97 bits per heavy atom. The highest BCUT2D eigenvalue weighted by molar-refractivity contribution is 6.02. The molecule has 4 rings (SSSR count). The molecule has 2 aromatic heterocycles. The van der Waals surface area contributed by atoms with Crippen molar-refractivity contribution < 1.29 is 19.1 Å².